The number of fused-ring (bicyclic) bond motifs is 1. The fourth-order valence-electron chi connectivity index (χ4n) is 3.66. The summed E-state index contributed by atoms with van der Waals surface area (Å²) in [4.78, 5) is 31.0. The highest BCUT2D eigenvalue weighted by molar-refractivity contribution is 9.10. The topological polar surface area (TPSA) is 96.0 Å². The van der Waals surface area contributed by atoms with Crippen molar-refractivity contribution in [1.82, 2.24) is 0 Å². The van der Waals surface area contributed by atoms with Crippen LogP contribution in [0.4, 0.5) is 5.69 Å². The molecule has 0 saturated heterocycles. The predicted molar refractivity (Wildman–Crippen MR) is 113 cm³/mol. The number of nitrogens with two attached hydrogens (primary N) is 1. The Kier molecular flexibility index (Phi) is 4.60. The molecule has 2 aliphatic heterocycles. The second-order valence-electron chi connectivity index (χ2n) is 7.04. The highest BCUT2D eigenvalue weighted by Crippen LogP contribution is 2.48. The molecule has 2 aromatic carbocycles. The van der Waals surface area contributed by atoms with Crippen LogP contribution in [-0.2, 0) is 21.7 Å². The van der Waals surface area contributed by atoms with E-state index in [2.05, 4.69) is 20.9 Å². The molecule has 2 aromatic rings. The predicted octanol–water partition coefficient (Wildman–Crippen LogP) is 2.76. The highest BCUT2D eigenvalue weighted by Gasteiger charge is 2.59. The van der Waals surface area contributed by atoms with E-state index in [-0.39, 0.29) is 5.17 Å². The lowest BCUT2D eigenvalue weighted by Gasteiger charge is -2.27. The van der Waals surface area contributed by atoms with Crippen molar-refractivity contribution in [2.24, 2.45) is 10.7 Å². The third kappa shape index (κ3) is 2.87. The third-order valence-electron chi connectivity index (χ3n) is 5.13. The Hall–Kier alpha value is -2.16. The lowest BCUT2D eigenvalue weighted by molar-refractivity contribution is -0.140. The maximum absolute atomic E-state index is 13.4. The van der Waals surface area contributed by atoms with Crippen molar-refractivity contribution in [1.29, 1.82) is 0 Å². The van der Waals surface area contributed by atoms with Crippen LogP contribution in [0.5, 0.6) is 0 Å². The van der Waals surface area contributed by atoms with E-state index in [0.29, 0.717) is 22.3 Å². The van der Waals surface area contributed by atoms with Gasteiger partial charge in [0.2, 0.25) is 0 Å². The fourth-order valence-corrected chi connectivity index (χ4v) is 4.96. The van der Waals surface area contributed by atoms with E-state index < -0.39 is 22.7 Å². The van der Waals surface area contributed by atoms with Gasteiger partial charge in [-0.05, 0) is 43.2 Å². The SMILES string of the molecule is Cc1ccc(C)c(CN2C(=O)C(O)(C3SC(N)=NC3=O)c3cc(Br)ccc32)c1. The Balaban J connectivity index is 1.82. The Morgan fingerprint density at radius 1 is 1.25 bits per heavy atom. The summed E-state index contributed by atoms with van der Waals surface area (Å²) in [6, 6.07) is 11.3. The van der Waals surface area contributed by atoms with Crippen molar-refractivity contribution in [3.63, 3.8) is 0 Å². The number of rotatable bonds is 3. The molecule has 4 rings (SSSR count). The molecule has 8 heteroatoms. The van der Waals surface area contributed by atoms with E-state index in [1.165, 1.54) is 4.90 Å². The number of anilines is 1. The number of benzene rings is 2. The quantitative estimate of drug-likeness (QED) is 0.735. The molecule has 2 atom stereocenters. The van der Waals surface area contributed by atoms with Crippen molar-refractivity contribution in [2.45, 2.75) is 31.2 Å². The number of thioether (sulfide) groups is 1. The highest BCUT2D eigenvalue weighted by atomic mass is 79.9. The van der Waals surface area contributed by atoms with Gasteiger partial charge < -0.3 is 15.7 Å². The van der Waals surface area contributed by atoms with Gasteiger partial charge in [-0.25, -0.2) is 0 Å². The molecular formula is C20H18BrN3O3S. The van der Waals surface area contributed by atoms with Crippen LogP contribution >= 0.6 is 27.7 Å². The van der Waals surface area contributed by atoms with Gasteiger partial charge in [-0.3, -0.25) is 9.59 Å². The minimum Gasteiger partial charge on any atom is -0.378 e. The van der Waals surface area contributed by atoms with Crippen LogP contribution in [0.15, 0.2) is 45.9 Å². The van der Waals surface area contributed by atoms with Crippen LogP contribution in [0.2, 0.25) is 0 Å². The van der Waals surface area contributed by atoms with Gasteiger partial charge in [-0.15, -0.1) is 0 Å². The fraction of sp³-hybridized carbons (Fsp3) is 0.250. The summed E-state index contributed by atoms with van der Waals surface area (Å²) in [5, 5.41) is 10.5. The number of halogens is 1. The summed E-state index contributed by atoms with van der Waals surface area (Å²) in [7, 11) is 0. The molecule has 2 unspecified atom stereocenters. The number of carbonyl (C=O) groups excluding carboxylic acids is 2. The maximum Gasteiger partial charge on any atom is 0.265 e. The van der Waals surface area contributed by atoms with Crippen molar-refractivity contribution < 1.29 is 14.7 Å². The minimum absolute atomic E-state index is 0.0563. The van der Waals surface area contributed by atoms with Crippen molar-refractivity contribution in [3.8, 4) is 0 Å². The largest absolute Gasteiger partial charge is 0.378 e. The van der Waals surface area contributed by atoms with Gasteiger partial charge in [0.1, 0.15) is 5.25 Å². The van der Waals surface area contributed by atoms with Crippen molar-refractivity contribution in [2.75, 3.05) is 4.90 Å². The van der Waals surface area contributed by atoms with Crippen LogP contribution in [0.3, 0.4) is 0 Å². The average molecular weight is 460 g/mol. The summed E-state index contributed by atoms with van der Waals surface area (Å²) < 4.78 is 0.704. The van der Waals surface area contributed by atoms with Crippen LogP contribution in [0, 0.1) is 13.8 Å². The number of aliphatic imine (C=N–C) groups is 1. The summed E-state index contributed by atoms with van der Waals surface area (Å²) in [6.45, 7) is 4.27. The molecule has 0 fully saturated rings. The number of nitrogens with zero attached hydrogens (tertiary/aromatic N) is 2. The lowest BCUT2D eigenvalue weighted by atomic mass is 9.91. The van der Waals surface area contributed by atoms with E-state index >= 15 is 0 Å². The zero-order valence-electron chi connectivity index (χ0n) is 15.3. The third-order valence-corrected chi connectivity index (χ3v) is 6.73. The first kappa shape index (κ1) is 19.2. The minimum atomic E-state index is -2.02. The second-order valence-corrected chi connectivity index (χ2v) is 9.08. The molecule has 0 bridgehead atoms. The molecule has 0 aliphatic carbocycles. The molecule has 0 saturated carbocycles. The molecule has 0 radical (unpaired) electrons. The number of hydrogen-bond donors (Lipinski definition) is 2. The molecule has 2 aliphatic rings. The number of aliphatic hydroxyl groups is 1. The first-order valence-electron chi connectivity index (χ1n) is 8.67. The van der Waals surface area contributed by atoms with Gasteiger partial charge in [0.25, 0.3) is 11.8 Å². The van der Waals surface area contributed by atoms with Crippen molar-refractivity contribution in [3.05, 3.63) is 63.1 Å². The summed E-state index contributed by atoms with van der Waals surface area (Å²) >= 11 is 4.32. The first-order valence-corrected chi connectivity index (χ1v) is 10.3. The Bertz CT molecular complexity index is 1050. The average Bonchev–Trinajstić information content (AvgIpc) is 3.08. The van der Waals surface area contributed by atoms with E-state index in [4.69, 9.17) is 5.73 Å². The summed E-state index contributed by atoms with van der Waals surface area (Å²) in [5.74, 6) is -1.14. The first-order chi connectivity index (χ1) is 13.2. The van der Waals surface area contributed by atoms with E-state index in [1.807, 2.05) is 38.1 Å². The Morgan fingerprint density at radius 3 is 2.68 bits per heavy atom. The van der Waals surface area contributed by atoms with E-state index in [1.54, 1.807) is 12.1 Å². The summed E-state index contributed by atoms with van der Waals surface area (Å²) in [6.07, 6.45) is 0. The molecule has 2 heterocycles. The zero-order valence-corrected chi connectivity index (χ0v) is 17.7. The van der Waals surface area contributed by atoms with Gasteiger partial charge in [-0.1, -0.05) is 51.5 Å². The maximum atomic E-state index is 13.4. The van der Waals surface area contributed by atoms with E-state index in [9.17, 15) is 14.7 Å². The number of amidine groups is 1. The number of amides is 2. The smallest absolute Gasteiger partial charge is 0.265 e. The van der Waals surface area contributed by atoms with Gasteiger partial charge in [-0.2, -0.15) is 4.99 Å². The van der Waals surface area contributed by atoms with Crippen LogP contribution in [-0.4, -0.2) is 27.3 Å². The number of aryl methyl sites for hydroxylation is 2. The van der Waals surface area contributed by atoms with Gasteiger partial charge in [0, 0.05) is 10.0 Å². The van der Waals surface area contributed by atoms with E-state index in [0.717, 1.165) is 28.5 Å². The molecular weight excluding hydrogens is 442 g/mol. The molecule has 6 nitrogen and oxygen atoms in total. The molecule has 3 N–H and O–H groups in total. The molecule has 0 spiro atoms. The number of carbonyl (C=O) groups is 2. The molecule has 144 valence electrons. The monoisotopic (exact) mass is 459 g/mol. The van der Waals surface area contributed by atoms with Crippen molar-refractivity contribution >= 4 is 50.4 Å². The van der Waals surface area contributed by atoms with Crippen LogP contribution < -0.4 is 10.6 Å². The molecule has 0 aromatic heterocycles. The van der Waals surface area contributed by atoms with Gasteiger partial charge in [0.15, 0.2) is 10.8 Å². The van der Waals surface area contributed by atoms with Gasteiger partial charge in [0.05, 0.1) is 12.2 Å². The molecule has 2 amide bonds. The number of hydrogen-bond acceptors (Lipinski definition) is 5. The van der Waals surface area contributed by atoms with Gasteiger partial charge >= 0.3 is 0 Å². The summed E-state index contributed by atoms with van der Waals surface area (Å²) in [5.41, 5.74) is 7.73. The lowest BCUT2D eigenvalue weighted by Crippen LogP contribution is -2.49. The second kappa shape index (κ2) is 6.72. The zero-order chi connectivity index (χ0) is 20.2. The Morgan fingerprint density at radius 2 is 2.00 bits per heavy atom. The Labute approximate surface area is 174 Å². The molecule has 28 heavy (non-hydrogen) atoms. The van der Waals surface area contributed by atoms with Crippen LogP contribution in [0.1, 0.15) is 22.3 Å². The van der Waals surface area contributed by atoms with Crippen LogP contribution in [0.25, 0.3) is 0 Å². The standard InChI is InChI=1S/C20H18BrN3O3S/c1-10-3-4-11(2)12(7-10)9-24-15-6-5-13(21)8-14(15)20(27,18(24)26)16-17(25)23-19(22)28-16/h3-8,16,27H,9H2,1-2H3,(H2,22,23,25). The normalized spacial score (nSPS) is 23.9.